The second-order valence-electron chi connectivity index (χ2n) is 7.41. The second-order valence-corrected chi connectivity index (χ2v) is 7.82. The number of anilines is 1. The molecule has 0 radical (unpaired) electrons. The number of fused-ring (bicyclic) bond motifs is 1. The summed E-state index contributed by atoms with van der Waals surface area (Å²) in [4.78, 5) is 24.9. The molecule has 0 fully saturated rings. The number of carbonyl (C=O) groups is 2. The number of nitrogens with one attached hydrogen (secondary N) is 2. The molecule has 0 aromatic heterocycles. The summed E-state index contributed by atoms with van der Waals surface area (Å²) in [5.74, 6) is 0.0791. The fraction of sp³-hybridized carbons (Fsp3) is 0.250. The third-order valence-corrected chi connectivity index (χ3v) is 5.59. The molecule has 0 saturated heterocycles. The summed E-state index contributed by atoms with van der Waals surface area (Å²) in [5.41, 5.74) is 3.06. The monoisotopic (exact) mass is 422 g/mol. The molecule has 2 aromatic rings. The molecule has 5 nitrogen and oxygen atoms in total. The Morgan fingerprint density at radius 2 is 2.07 bits per heavy atom. The van der Waals surface area contributed by atoms with Gasteiger partial charge in [0.2, 0.25) is 0 Å². The van der Waals surface area contributed by atoms with Gasteiger partial charge in [0, 0.05) is 17.1 Å². The lowest BCUT2D eigenvalue weighted by Gasteiger charge is -2.20. The van der Waals surface area contributed by atoms with E-state index < -0.39 is 0 Å². The minimum absolute atomic E-state index is 0.147. The van der Waals surface area contributed by atoms with E-state index in [0.29, 0.717) is 34.1 Å². The number of carbonyl (C=O) groups excluding carboxylic acids is 2. The predicted octanol–water partition coefficient (Wildman–Crippen LogP) is 5.33. The number of amides is 2. The topological polar surface area (TPSA) is 67.4 Å². The lowest BCUT2D eigenvalue weighted by molar-refractivity contribution is -0.115. The van der Waals surface area contributed by atoms with Crippen LogP contribution in [0.1, 0.15) is 48.0 Å². The normalized spacial score (nSPS) is 16.9. The average molecular weight is 423 g/mol. The molecular formula is C24H23ClN2O3. The first-order chi connectivity index (χ1) is 14.6. The Morgan fingerprint density at radius 3 is 2.87 bits per heavy atom. The van der Waals surface area contributed by atoms with E-state index in [2.05, 4.69) is 16.7 Å². The van der Waals surface area contributed by atoms with E-state index >= 15 is 0 Å². The van der Waals surface area contributed by atoms with E-state index in [9.17, 15) is 9.59 Å². The Kier molecular flexibility index (Phi) is 6.19. The maximum atomic E-state index is 12.5. The molecular weight excluding hydrogens is 400 g/mol. The minimum Gasteiger partial charge on any atom is -0.449 e. The summed E-state index contributed by atoms with van der Waals surface area (Å²) < 4.78 is 5.75. The number of hydrogen-bond donors (Lipinski definition) is 2. The van der Waals surface area contributed by atoms with Crippen LogP contribution in [-0.4, -0.2) is 18.4 Å². The Hall–Kier alpha value is -3.05. The van der Waals surface area contributed by atoms with E-state index in [1.807, 2.05) is 12.1 Å². The minimum atomic E-state index is -0.385. The van der Waals surface area contributed by atoms with E-state index in [0.717, 1.165) is 19.3 Å². The Balaban J connectivity index is 1.42. The van der Waals surface area contributed by atoms with Gasteiger partial charge < -0.3 is 15.4 Å². The molecule has 2 aromatic carbocycles. The van der Waals surface area contributed by atoms with E-state index in [4.69, 9.17) is 16.3 Å². The third kappa shape index (κ3) is 4.74. The van der Waals surface area contributed by atoms with Gasteiger partial charge in [0.25, 0.3) is 11.8 Å². The number of hydrogen-bond acceptors (Lipinski definition) is 3. The molecule has 1 aliphatic heterocycles. The Labute approximate surface area is 180 Å². The Bertz CT molecular complexity index is 1040. The summed E-state index contributed by atoms with van der Waals surface area (Å²) in [6.07, 6.45) is 9.52. The van der Waals surface area contributed by atoms with Crippen LogP contribution in [0, 0.1) is 0 Å². The fourth-order valence-corrected chi connectivity index (χ4v) is 3.80. The van der Waals surface area contributed by atoms with Crippen molar-refractivity contribution < 1.29 is 14.3 Å². The maximum absolute atomic E-state index is 12.5. The van der Waals surface area contributed by atoms with Gasteiger partial charge in [-0.2, -0.15) is 0 Å². The largest absolute Gasteiger partial charge is 0.449 e. The molecule has 0 bridgehead atoms. The van der Waals surface area contributed by atoms with Crippen LogP contribution >= 0.6 is 11.6 Å². The van der Waals surface area contributed by atoms with Gasteiger partial charge in [-0.15, -0.1) is 0 Å². The molecule has 2 aliphatic rings. The van der Waals surface area contributed by atoms with Gasteiger partial charge in [-0.05, 0) is 68.0 Å². The predicted molar refractivity (Wildman–Crippen MR) is 119 cm³/mol. The van der Waals surface area contributed by atoms with E-state index in [1.54, 1.807) is 36.4 Å². The van der Waals surface area contributed by atoms with Crippen molar-refractivity contribution in [2.45, 2.75) is 32.1 Å². The van der Waals surface area contributed by atoms with Gasteiger partial charge in [-0.25, -0.2) is 0 Å². The molecule has 2 amide bonds. The van der Waals surface area contributed by atoms with Gasteiger partial charge in [-0.1, -0.05) is 41.4 Å². The van der Waals surface area contributed by atoms with Crippen molar-refractivity contribution in [1.29, 1.82) is 0 Å². The van der Waals surface area contributed by atoms with Crippen molar-refractivity contribution in [3.8, 4) is 5.75 Å². The van der Waals surface area contributed by atoms with E-state index in [1.165, 1.54) is 18.4 Å². The molecule has 1 aliphatic carbocycles. The number of benzene rings is 2. The maximum Gasteiger partial charge on any atom is 0.291 e. The van der Waals surface area contributed by atoms with Crippen molar-refractivity contribution in [2.24, 2.45) is 0 Å². The van der Waals surface area contributed by atoms with E-state index in [-0.39, 0.29) is 17.6 Å². The molecule has 2 N–H and O–H groups in total. The quantitative estimate of drug-likeness (QED) is 0.505. The van der Waals surface area contributed by atoms with Crippen LogP contribution in [0.3, 0.4) is 0 Å². The number of rotatable bonds is 5. The molecule has 0 saturated carbocycles. The first-order valence-corrected chi connectivity index (χ1v) is 10.5. The van der Waals surface area contributed by atoms with Crippen LogP contribution < -0.4 is 15.4 Å². The van der Waals surface area contributed by atoms with Gasteiger partial charge in [0.05, 0.1) is 5.69 Å². The fourth-order valence-electron chi connectivity index (χ4n) is 3.61. The third-order valence-electron chi connectivity index (χ3n) is 5.24. The molecule has 1 heterocycles. The molecule has 0 atom stereocenters. The highest BCUT2D eigenvalue weighted by atomic mass is 35.5. The van der Waals surface area contributed by atoms with Crippen molar-refractivity contribution in [3.05, 3.63) is 76.0 Å². The van der Waals surface area contributed by atoms with Crippen LogP contribution in [0.15, 0.2) is 59.9 Å². The molecule has 0 unspecified atom stereocenters. The smallest absolute Gasteiger partial charge is 0.291 e. The zero-order valence-electron chi connectivity index (χ0n) is 16.5. The SMILES string of the molecule is O=C1Nc2cc(C(=O)NCCC3=CCCCC3)ccc2O/C1=C/c1ccccc1Cl. The number of halogens is 1. The number of allylic oxidation sites excluding steroid dienone is 1. The molecule has 30 heavy (non-hydrogen) atoms. The van der Waals surface area contributed by atoms with Crippen molar-refractivity contribution in [1.82, 2.24) is 5.32 Å². The summed E-state index contributed by atoms with van der Waals surface area (Å²) in [6, 6.07) is 12.2. The van der Waals surface area contributed by atoms with Gasteiger partial charge in [0.1, 0.15) is 0 Å². The van der Waals surface area contributed by atoms with Crippen LogP contribution in [0.2, 0.25) is 5.02 Å². The average Bonchev–Trinajstić information content (AvgIpc) is 2.76. The number of ether oxygens (including phenoxy) is 1. The first-order valence-electron chi connectivity index (χ1n) is 10.2. The van der Waals surface area contributed by atoms with Crippen molar-refractivity contribution in [3.63, 3.8) is 0 Å². The Morgan fingerprint density at radius 1 is 1.20 bits per heavy atom. The van der Waals surface area contributed by atoms with Gasteiger partial charge in [-0.3, -0.25) is 9.59 Å². The van der Waals surface area contributed by atoms with Crippen LogP contribution in [0.25, 0.3) is 6.08 Å². The van der Waals surface area contributed by atoms with Crippen molar-refractivity contribution in [2.75, 3.05) is 11.9 Å². The highest BCUT2D eigenvalue weighted by molar-refractivity contribution is 6.32. The second kappa shape index (κ2) is 9.18. The summed E-state index contributed by atoms with van der Waals surface area (Å²) in [5, 5.41) is 6.27. The van der Waals surface area contributed by atoms with Gasteiger partial charge >= 0.3 is 0 Å². The zero-order valence-corrected chi connectivity index (χ0v) is 17.3. The molecule has 4 rings (SSSR count). The highest BCUT2D eigenvalue weighted by Gasteiger charge is 2.23. The lowest BCUT2D eigenvalue weighted by Crippen LogP contribution is -2.26. The molecule has 6 heteroatoms. The molecule has 0 spiro atoms. The van der Waals surface area contributed by atoms with Gasteiger partial charge in [0.15, 0.2) is 11.5 Å². The molecule has 154 valence electrons. The highest BCUT2D eigenvalue weighted by Crippen LogP contribution is 2.33. The van der Waals surface area contributed by atoms with Crippen LogP contribution in [0.4, 0.5) is 5.69 Å². The van der Waals surface area contributed by atoms with Crippen LogP contribution in [0.5, 0.6) is 5.75 Å². The zero-order chi connectivity index (χ0) is 20.9. The van der Waals surface area contributed by atoms with Crippen molar-refractivity contribution >= 4 is 35.2 Å². The summed E-state index contributed by atoms with van der Waals surface area (Å²) >= 11 is 6.16. The lowest BCUT2D eigenvalue weighted by atomic mass is 9.97. The summed E-state index contributed by atoms with van der Waals surface area (Å²) in [6.45, 7) is 0.606. The summed E-state index contributed by atoms with van der Waals surface area (Å²) in [7, 11) is 0. The standard InChI is InChI=1S/C24H23ClN2O3/c25-19-9-5-4-8-17(19)15-22-24(29)27-20-14-18(10-11-21(20)30-22)23(28)26-13-12-16-6-2-1-3-7-16/h4-6,8-11,14-15H,1-3,7,12-13H2,(H,26,28)(H,27,29)/b22-15+. The van der Waals surface area contributed by atoms with Crippen LogP contribution in [-0.2, 0) is 4.79 Å². The first kappa shape index (κ1) is 20.2.